The fourth-order valence-electron chi connectivity index (χ4n) is 2.11. The van der Waals surface area contributed by atoms with Gasteiger partial charge in [0.25, 0.3) is 0 Å². The molecule has 1 aromatic carbocycles. The van der Waals surface area contributed by atoms with Gasteiger partial charge in [-0.25, -0.2) is 4.98 Å². The van der Waals surface area contributed by atoms with E-state index >= 15 is 0 Å². The molecule has 1 N–H and O–H groups in total. The van der Waals surface area contributed by atoms with Crippen LogP contribution in [-0.2, 0) is 4.79 Å². The number of carbonyl (C=O) groups is 1. The zero-order chi connectivity index (χ0) is 15.6. The first-order chi connectivity index (χ1) is 9.95. The smallest absolute Gasteiger partial charge is 0.313 e. The number of benzene rings is 1. The summed E-state index contributed by atoms with van der Waals surface area (Å²) in [5.74, 6) is -0.552. The summed E-state index contributed by atoms with van der Waals surface area (Å²) in [6, 6.07) is 7.79. The van der Waals surface area contributed by atoms with Crippen molar-refractivity contribution in [2.75, 3.05) is 5.75 Å². The maximum atomic E-state index is 10.8. The summed E-state index contributed by atoms with van der Waals surface area (Å²) in [6.07, 6.45) is 0. The number of aliphatic carboxylic acids is 1. The minimum atomic E-state index is -0.878. The molecule has 2 rings (SSSR count). The zero-order valence-electron chi connectivity index (χ0n) is 12.2. The molecule has 0 saturated carbocycles. The van der Waals surface area contributed by atoms with Crippen molar-refractivity contribution in [2.24, 2.45) is 5.92 Å². The molecule has 1 aromatic heterocycles. The van der Waals surface area contributed by atoms with E-state index in [1.54, 1.807) is 6.07 Å². The van der Waals surface area contributed by atoms with Crippen LogP contribution in [0.15, 0.2) is 23.4 Å². The summed E-state index contributed by atoms with van der Waals surface area (Å²) in [4.78, 5) is 15.3. The van der Waals surface area contributed by atoms with Gasteiger partial charge in [-0.2, -0.15) is 5.26 Å². The number of fused-ring (bicyclic) bond motifs is 1. The van der Waals surface area contributed by atoms with Crippen molar-refractivity contribution >= 4 is 28.8 Å². The molecule has 0 aliphatic heterocycles. The van der Waals surface area contributed by atoms with E-state index in [9.17, 15) is 10.1 Å². The number of hydrogen-bond donors (Lipinski definition) is 1. The van der Waals surface area contributed by atoms with E-state index in [4.69, 9.17) is 5.11 Å². The third-order valence-corrected chi connectivity index (χ3v) is 4.44. The number of nitriles is 1. The van der Waals surface area contributed by atoms with Crippen LogP contribution in [-0.4, -0.2) is 26.4 Å². The fraction of sp³-hybridized carbons (Fsp3) is 0.400. The predicted molar refractivity (Wildman–Crippen MR) is 82.4 cm³/mol. The lowest BCUT2D eigenvalue weighted by atomic mass is 10.1. The van der Waals surface area contributed by atoms with Crippen LogP contribution in [0.4, 0.5) is 0 Å². The number of para-hydroxylation sites is 1. The molecule has 6 heteroatoms. The summed E-state index contributed by atoms with van der Waals surface area (Å²) in [5.41, 5.74) is 2.03. The van der Waals surface area contributed by atoms with E-state index < -0.39 is 5.97 Å². The molecule has 0 radical (unpaired) electrons. The van der Waals surface area contributed by atoms with Gasteiger partial charge in [0.2, 0.25) is 0 Å². The minimum Gasteiger partial charge on any atom is -0.481 e. The first-order valence-corrected chi connectivity index (χ1v) is 7.70. The molecule has 5 nitrogen and oxygen atoms in total. The average Bonchev–Trinajstić information content (AvgIpc) is 2.82. The van der Waals surface area contributed by atoms with Crippen LogP contribution in [0.3, 0.4) is 0 Å². The fourth-order valence-corrected chi connectivity index (χ4v) is 2.92. The van der Waals surface area contributed by atoms with E-state index in [0.29, 0.717) is 22.2 Å². The normalized spacial score (nSPS) is 12.5. The van der Waals surface area contributed by atoms with Crippen LogP contribution in [0.25, 0.3) is 11.0 Å². The summed E-state index contributed by atoms with van der Waals surface area (Å²) in [5, 5.41) is 18.7. The Balaban J connectivity index is 2.62. The van der Waals surface area contributed by atoms with Gasteiger partial charge in [-0.15, -0.1) is 0 Å². The molecular weight excluding hydrogens is 286 g/mol. The van der Waals surface area contributed by atoms with Crippen LogP contribution in [0.5, 0.6) is 0 Å². The molecule has 0 saturated heterocycles. The molecular formula is C15H17N3O2S. The largest absolute Gasteiger partial charge is 0.481 e. The summed E-state index contributed by atoms with van der Waals surface area (Å²) in [7, 11) is 0. The maximum Gasteiger partial charge on any atom is 0.313 e. The number of rotatable bonds is 5. The summed E-state index contributed by atoms with van der Waals surface area (Å²) in [6.45, 7) is 6.29. The average molecular weight is 303 g/mol. The lowest BCUT2D eigenvalue weighted by Gasteiger charge is -2.20. The molecule has 2 aromatic rings. The molecule has 0 aliphatic carbocycles. The number of carboxylic acids is 1. The van der Waals surface area contributed by atoms with Crippen LogP contribution < -0.4 is 0 Å². The maximum absolute atomic E-state index is 10.8. The Labute approximate surface area is 127 Å². The third kappa shape index (κ3) is 3.03. The minimum absolute atomic E-state index is 0.0456. The van der Waals surface area contributed by atoms with Gasteiger partial charge in [-0.1, -0.05) is 31.7 Å². The van der Waals surface area contributed by atoms with E-state index in [2.05, 4.69) is 31.8 Å². The standard InChI is InChI=1S/C15H17N3O2S/c1-9(2)10(3)18-12-6-4-5-11(7-16)14(12)17-15(18)21-8-13(19)20/h4-6,9-10H,8H2,1-3H3,(H,19,20). The summed E-state index contributed by atoms with van der Waals surface area (Å²) >= 11 is 1.19. The number of nitrogens with zero attached hydrogens (tertiary/aromatic N) is 3. The molecule has 21 heavy (non-hydrogen) atoms. The van der Waals surface area contributed by atoms with Crippen LogP contribution in [0.1, 0.15) is 32.4 Å². The Morgan fingerprint density at radius 1 is 1.48 bits per heavy atom. The Hall–Kier alpha value is -2.00. The molecule has 1 unspecified atom stereocenters. The van der Waals surface area contributed by atoms with E-state index in [-0.39, 0.29) is 11.8 Å². The Morgan fingerprint density at radius 2 is 2.19 bits per heavy atom. The van der Waals surface area contributed by atoms with Crippen LogP contribution in [0.2, 0.25) is 0 Å². The second-order valence-electron chi connectivity index (χ2n) is 5.22. The molecule has 0 spiro atoms. The highest BCUT2D eigenvalue weighted by Crippen LogP contribution is 2.32. The Bertz CT molecular complexity index is 716. The van der Waals surface area contributed by atoms with Crippen molar-refractivity contribution in [1.82, 2.24) is 9.55 Å². The van der Waals surface area contributed by atoms with Crippen molar-refractivity contribution in [3.63, 3.8) is 0 Å². The van der Waals surface area contributed by atoms with Crippen molar-refractivity contribution < 1.29 is 9.90 Å². The quantitative estimate of drug-likeness (QED) is 0.857. The van der Waals surface area contributed by atoms with Gasteiger partial charge >= 0.3 is 5.97 Å². The highest BCUT2D eigenvalue weighted by molar-refractivity contribution is 7.99. The lowest BCUT2D eigenvalue weighted by Crippen LogP contribution is -2.13. The van der Waals surface area contributed by atoms with Crippen LogP contribution in [0, 0.1) is 17.2 Å². The summed E-state index contributed by atoms with van der Waals surface area (Å²) < 4.78 is 2.04. The van der Waals surface area contributed by atoms with Crippen molar-refractivity contribution in [3.8, 4) is 6.07 Å². The first kappa shape index (κ1) is 15.4. The molecule has 0 aliphatic rings. The molecule has 110 valence electrons. The molecule has 1 heterocycles. The van der Waals surface area contributed by atoms with Gasteiger partial charge in [-0.05, 0) is 25.0 Å². The third-order valence-electron chi connectivity index (χ3n) is 3.51. The number of aromatic nitrogens is 2. The van der Waals surface area contributed by atoms with Gasteiger partial charge in [0.1, 0.15) is 11.6 Å². The van der Waals surface area contributed by atoms with E-state index in [1.165, 1.54) is 11.8 Å². The van der Waals surface area contributed by atoms with Crippen molar-refractivity contribution in [1.29, 1.82) is 5.26 Å². The van der Waals surface area contributed by atoms with Crippen molar-refractivity contribution in [2.45, 2.75) is 32.0 Å². The second kappa shape index (κ2) is 6.19. The predicted octanol–water partition coefficient (Wildman–Crippen LogP) is 3.30. The SMILES string of the molecule is CC(C)C(C)n1c(SCC(=O)O)nc2c(C#N)cccc21. The number of thioether (sulfide) groups is 1. The number of hydrogen-bond acceptors (Lipinski definition) is 4. The molecule has 0 bridgehead atoms. The van der Waals surface area contributed by atoms with E-state index in [1.807, 2.05) is 16.7 Å². The van der Waals surface area contributed by atoms with Crippen LogP contribution >= 0.6 is 11.8 Å². The van der Waals surface area contributed by atoms with Gasteiger partial charge in [0.05, 0.1) is 16.8 Å². The lowest BCUT2D eigenvalue weighted by molar-refractivity contribution is -0.133. The van der Waals surface area contributed by atoms with Gasteiger partial charge < -0.3 is 9.67 Å². The van der Waals surface area contributed by atoms with Gasteiger partial charge in [0, 0.05) is 6.04 Å². The highest BCUT2D eigenvalue weighted by Gasteiger charge is 2.20. The zero-order valence-corrected chi connectivity index (χ0v) is 13.0. The second-order valence-corrected chi connectivity index (χ2v) is 6.16. The van der Waals surface area contributed by atoms with Gasteiger partial charge in [-0.3, -0.25) is 4.79 Å². The highest BCUT2D eigenvalue weighted by atomic mass is 32.2. The molecule has 0 fully saturated rings. The Morgan fingerprint density at radius 3 is 2.76 bits per heavy atom. The topological polar surface area (TPSA) is 78.9 Å². The Kier molecular flexibility index (Phi) is 4.53. The number of carboxylic acid groups (broad SMARTS) is 1. The van der Waals surface area contributed by atoms with Gasteiger partial charge in [0.15, 0.2) is 5.16 Å². The van der Waals surface area contributed by atoms with Crippen molar-refractivity contribution in [3.05, 3.63) is 23.8 Å². The molecule has 0 amide bonds. The first-order valence-electron chi connectivity index (χ1n) is 6.71. The monoisotopic (exact) mass is 303 g/mol. The number of imidazole rings is 1. The van der Waals surface area contributed by atoms with E-state index in [0.717, 1.165) is 5.52 Å². The molecule has 1 atom stereocenters.